The van der Waals surface area contributed by atoms with Gasteiger partial charge in [0, 0.05) is 25.3 Å². The molecule has 2 atom stereocenters. The van der Waals surface area contributed by atoms with Crippen LogP contribution in [0.4, 0.5) is 26.3 Å². The van der Waals surface area contributed by atoms with E-state index in [0.29, 0.717) is 0 Å². The van der Waals surface area contributed by atoms with Gasteiger partial charge in [0.2, 0.25) is 0 Å². The molecule has 2 aliphatic rings. The van der Waals surface area contributed by atoms with Gasteiger partial charge < -0.3 is 10.2 Å². The number of fused-ring (bicyclic) bond motifs is 1. The molecule has 1 fully saturated rings. The molecule has 12 heteroatoms. The Morgan fingerprint density at radius 2 is 1.62 bits per heavy atom. The standard InChI is InChI=1S/C18H20F3N3O.C2HF3O2/c19-18(20,21)16-7-10-24(22-16)13-5-8-23(9-6-13)15-11-12-3-1-2-4-14(12)17(15)25;3-2(4,5)1(6)7/h1-4,7,10,13,15,17,25H,5-6,8-9,11H2;(H,6,7)/t15?,17-;/m0./s1. The van der Waals surface area contributed by atoms with Crippen molar-refractivity contribution in [1.29, 1.82) is 0 Å². The number of aliphatic hydroxyl groups is 1. The minimum Gasteiger partial charge on any atom is -0.475 e. The van der Waals surface area contributed by atoms with Gasteiger partial charge in [0.15, 0.2) is 5.69 Å². The SMILES string of the molecule is O=C(O)C(F)(F)F.O[C@H]1c2ccccc2CC1N1CCC(n2ccc(C(F)(F)F)n2)CC1. The van der Waals surface area contributed by atoms with Gasteiger partial charge in [0.1, 0.15) is 0 Å². The van der Waals surface area contributed by atoms with Crippen LogP contribution in [0.25, 0.3) is 0 Å². The lowest BCUT2D eigenvalue weighted by Crippen LogP contribution is -2.44. The molecule has 0 saturated carbocycles. The summed E-state index contributed by atoms with van der Waals surface area (Å²) in [7, 11) is 0. The van der Waals surface area contributed by atoms with Crippen molar-refractivity contribution in [3.05, 3.63) is 53.3 Å². The average molecular weight is 465 g/mol. The van der Waals surface area contributed by atoms with Gasteiger partial charge >= 0.3 is 18.3 Å². The minimum absolute atomic E-state index is 0.0201. The number of benzene rings is 1. The Morgan fingerprint density at radius 3 is 2.12 bits per heavy atom. The number of rotatable bonds is 2. The number of halogens is 6. The van der Waals surface area contributed by atoms with E-state index in [-0.39, 0.29) is 12.1 Å². The highest BCUT2D eigenvalue weighted by atomic mass is 19.4. The summed E-state index contributed by atoms with van der Waals surface area (Å²) in [5.74, 6) is -2.76. The highest BCUT2D eigenvalue weighted by Gasteiger charge is 2.39. The molecule has 0 radical (unpaired) electrons. The van der Waals surface area contributed by atoms with Crippen molar-refractivity contribution in [2.24, 2.45) is 0 Å². The molecule has 1 unspecified atom stereocenters. The highest BCUT2D eigenvalue weighted by Crippen LogP contribution is 2.37. The van der Waals surface area contributed by atoms with Crippen molar-refractivity contribution in [3.8, 4) is 0 Å². The first-order chi connectivity index (χ1) is 14.9. The molecule has 2 heterocycles. The van der Waals surface area contributed by atoms with Gasteiger partial charge in [-0.15, -0.1) is 0 Å². The quantitative estimate of drug-likeness (QED) is 0.660. The second-order valence-electron chi connectivity index (χ2n) is 7.66. The number of hydrogen-bond donors (Lipinski definition) is 2. The molecular formula is C20H21F6N3O3. The maximum Gasteiger partial charge on any atom is 0.490 e. The molecule has 1 aliphatic carbocycles. The second kappa shape index (κ2) is 9.10. The van der Waals surface area contributed by atoms with Crippen molar-refractivity contribution >= 4 is 5.97 Å². The Hall–Kier alpha value is -2.60. The van der Waals surface area contributed by atoms with Crippen LogP contribution in [-0.4, -0.2) is 56.2 Å². The fraction of sp³-hybridized carbons (Fsp3) is 0.500. The van der Waals surface area contributed by atoms with Crippen molar-refractivity contribution in [3.63, 3.8) is 0 Å². The van der Waals surface area contributed by atoms with Crippen LogP contribution in [0, 0.1) is 0 Å². The van der Waals surface area contributed by atoms with Gasteiger partial charge in [-0.25, -0.2) is 4.79 Å². The third-order valence-corrected chi connectivity index (χ3v) is 5.65. The normalized spacial score (nSPS) is 22.2. The van der Waals surface area contributed by atoms with Crippen LogP contribution in [0.15, 0.2) is 36.5 Å². The number of aliphatic hydroxyl groups excluding tert-OH is 1. The molecule has 4 rings (SSSR count). The summed E-state index contributed by atoms with van der Waals surface area (Å²) in [5, 5.41) is 21.4. The summed E-state index contributed by atoms with van der Waals surface area (Å²) in [6.07, 6.45) is -6.26. The molecule has 0 amide bonds. The van der Waals surface area contributed by atoms with E-state index in [9.17, 15) is 31.4 Å². The van der Waals surface area contributed by atoms with Crippen molar-refractivity contribution in [1.82, 2.24) is 14.7 Å². The Bertz CT molecular complexity index is 935. The molecule has 6 nitrogen and oxygen atoms in total. The number of nitrogens with zero attached hydrogens (tertiary/aromatic N) is 3. The molecule has 1 aromatic heterocycles. The number of hydrogen-bond acceptors (Lipinski definition) is 4. The summed E-state index contributed by atoms with van der Waals surface area (Å²) in [4.78, 5) is 11.2. The molecule has 1 aliphatic heterocycles. The van der Waals surface area contributed by atoms with Crippen LogP contribution >= 0.6 is 0 Å². The largest absolute Gasteiger partial charge is 0.490 e. The van der Waals surface area contributed by atoms with Crippen molar-refractivity contribution < 1.29 is 41.4 Å². The van der Waals surface area contributed by atoms with Gasteiger partial charge in [0.25, 0.3) is 0 Å². The third kappa shape index (κ3) is 5.41. The van der Waals surface area contributed by atoms with Crippen LogP contribution in [-0.2, 0) is 17.4 Å². The molecular weight excluding hydrogens is 444 g/mol. The molecule has 176 valence electrons. The Morgan fingerprint density at radius 1 is 1.03 bits per heavy atom. The summed E-state index contributed by atoms with van der Waals surface area (Å²) in [5.41, 5.74) is 1.34. The smallest absolute Gasteiger partial charge is 0.475 e. The number of carboxylic acid groups (broad SMARTS) is 1. The zero-order valence-corrected chi connectivity index (χ0v) is 16.6. The van der Waals surface area contributed by atoms with Crippen LogP contribution < -0.4 is 0 Å². The Labute approximate surface area is 179 Å². The second-order valence-corrected chi connectivity index (χ2v) is 7.66. The zero-order chi connectivity index (χ0) is 23.7. The van der Waals surface area contributed by atoms with Gasteiger partial charge in [0.05, 0.1) is 12.1 Å². The van der Waals surface area contributed by atoms with E-state index in [1.165, 1.54) is 16.4 Å². The molecule has 0 spiro atoms. The fourth-order valence-electron chi connectivity index (χ4n) is 4.06. The summed E-state index contributed by atoms with van der Waals surface area (Å²) in [6.45, 7) is 1.50. The first kappa shape index (κ1) is 24.1. The Balaban J connectivity index is 0.000000360. The van der Waals surface area contributed by atoms with Gasteiger partial charge in [-0.1, -0.05) is 24.3 Å². The first-order valence-corrected chi connectivity index (χ1v) is 9.80. The van der Waals surface area contributed by atoms with E-state index in [4.69, 9.17) is 9.90 Å². The van der Waals surface area contributed by atoms with Gasteiger partial charge in [-0.05, 0) is 36.5 Å². The van der Waals surface area contributed by atoms with Crippen LogP contribution in [0.5, 0.6) is 0 Å². The molecule has 2 N–H and O–H groups in total. The monoisotopic (exact) mass is 465 g/mol. The minimum atomic E-state index is -5.08. The topological polar surface area (TPSA) is 78.6 Å². The Kier molecular flexibility index (Phi) is 6.84. The number of aromatic nitrogens is 2. The summed E-state index contributed by atoms with van der Waals surface area (Å²) < 4.78 is 71.3. The maximum atomic E-state index is 12.7. The number of likely N-dealkylation sites (tertiary alicyclic amines) is 1. The number of piperidine rings is 1. The number of carboxylic acids is 1. The van der Waals surface area contributed by atoms with E-state index < -0.39 is 30.1 Å². The van der Waals surface area contributed by atoms with Crippen LogP contribution in [0.2, 0.25) is 0 Å². The lowest BCUT2D eigenvalue weighted by molar-refractivity contribution is -0.192. The molecule has 0 bridgehead atoms. The predicted molar refractivity (Wildman–Crippen MR) is 99.7 cm³/mol. The van der Waals surface area contributed by atoms with Crippen LogP contribution in [0.3, 0.4) is 0 Å². The fourth-order valence-corrected chi connectivity index (χ4v) is 4.06. The number of aliphatic carboxylic acids is 1. The molecule has 1 aromatic carbocycles. The summed E-state index contributed by atoms with van der Waals surface area (Å²) in [6, 6.07) is 9.00. The predicted octanol–water partition coefficient (Wildman–Crippen LogP) is 3.83. The lowest BCUT2D eigenvalue weighted by Gasteiger charge is -2.37. The van der Waals surface area contributed by atoms with E-state index >= 15 is 0 Å². The number of alkyl halides is 6. The van der Waals surface area contributed by atoms with Gasteiger partial charge in [-0.2, -0.15) is 31.4 Å². The van der Waals surface area contributed by atoms with E-state index in [2.05, 4.69) is 10.00 Å². The lowest BCUT2D eigenvalue weighted by atomic mass is 10.0. The van der Waals surface area contributed by atoms with E-state index in [0.717, 1.165) is 44.0 Å². The van der Waals surface area contributed by atoms with Gasteiger partial charge in [-0.3, -0.25) is 9.58 Å². The van der Waals surface area contributed by atoms with Crippen LogP contribution in [0.1, 0.15) is 41.8 Å². The highest BCUT2D eigenvalue weighted by molar-refractivity contribution is 5.73. The van der Waals surface area contributed by atoms with E-state index in [1.54, 1.807) is 0 Å². The van der Waals surface area contributed by atoms with Crippen molar-refractivity contribution in [2.75, 3.05) is 13.1 Å². The van der Waals surface area contributed by atoms with Crippen molar-refractivity contribution in [2.45, 2.75) is 49.8 Å². The molecule has 2 aromatic rings. The maximum absolute atomic E-state index is 12.7. The summed E-state index contributed by atoms with van der Waals surface area (Å²) >= 11 is 0. The van der Waals surface area contributed by atoms with E-state index in [1.807, 2.05) is 24.3 Å². The molecule has 1 saturated heterocycles. The number of carbonyl (C=O) groups is 1. The first-order valence-electron chi connectivity index (χ1n) is 9.80. The average Bonchev–Trinajstić information content (AvgIpc) is 3.34. The zero-order valence-electron chi connectivity index (χ0n) is 16.6. The third-order valence-electron chi connectivity index (χ3n) is 5.65. The molecule has 32 heavy (non-hydrogen) atoms.